The van der Waals surface area contributed by atoms with Gasteiger partial charge in [-0.2, -0.15) is 0 Å². The molecule has 0 unspecified atom stereocenters. The first kappa shape index (κ1) is 19.5. The Morgan fingerprint density at radius 3 is 2.00 bits per heavy atom. The van der Waals surface area contributed by atoms with E-state index in [1.165, 1.54) is 89.0 Å². The highest BCUT2D eigenvalue weighted by atomic mass is 14.0. The number of allylic oxidation sites excluding steroid dienone is 3. The first-order valence-corrected chi connectivity index (χ1v) is 9.09. The molecule has 0 fully saturated rings. The fourth-order valence-corrected chi connectivity index (χ4v) is 2.56. The van der Waals surface area contributed by atoms with Crippen LogP contribution in [0.15, 0.2) is 23.8 Å². The Morgan fingerprint density at radius 2 is 1.35 bits per heavy atom. The Labute approximate surface area is 128 Å². The largest absolute Gasteiger partial charge is 0.0999 e. The van der Waals surface area contributed by atoms with Gasteiger partial charge in [0.25, 0.3) is 0 Å². The molecule has 0 radical (unpaired) electrons. The van der Waals surface area contributed by atoms with E-state index < -0.39 is 0 Å². The van der Waals surface area contributed by atoms with Crippen molar-refractivity contribution in [2.75, 3.05) is 0 Å². The normalized spacial score (nSPS) is 11.8. The minimum absolute atomic E-state index is 1.25. The van der Waals surface area contributed by atoms with Gasteiger partial charge in [0.1, 0.15) is 0 Å². The molecule has 0 heterocycles. The van der Waals surface area contributed by atoms with Crippen molar-refractivity contribution in [3.63, 3.8) is 0 Å². The average molecular weight is 279 g/mol. The van der Waals surface area contributed by atoms with Gasteiger partial charge in [0.2, 0.25) is 0 Å². The van der Waals surface area contributed by atoms with Crippen LogP contribution in [0.4, 0.5) is 0 Å². The molecule has 0 rings (SSSR count). The van der Waals surface area contributed by atoms with Gasteiger partial charge in [-0.15, -0.1) is 0 Å². The van der Waals surface area contributed by atoms with Crippen LogP contribution in [0.3, 0.4) is 0 Å². The summed E-state index contributed by atoms with van der Waals surface area (Å²) in [5.74, 6) is 0. The predicted octanol–water partition coefficient (Wildman–Crippen LogP) is 7.60. The molecular weight excluding hydrogens is 240 g/mol. The summed E-state index contributed by atoms with van der Waals surface area (Å²) in [6.07, 6.45) is 19.7. The van der Waals surface area contributed by atoms with E-state index in [0.29, 0.717) is 0 Å². The van der Waals surface area contributed by atoms with Gasteiger partial charge < -0.3 is 0 Å². The molecule has 0 aliphatic heterocycles. The Balaban J connectivity index is 3.47. The second kappa shape index (κ2) is 14.9. The highest BCUT2D eigenvalue weighted by molar-refractivity contribution is 5.00. The van der Waals surface area contributed by atoms with E-state index in [9.17, 15) is 0 Å². The zero-order chi connectivity index (χ0) is 15.1. The van der Waals surface area contributed by atoms with Crippen molar-refractivity contribution in [2.24, 2.45) is 0 Å². The van der Waals surface area contributed by atoms with E-state index in [2.05, 4.69) is 33.4 Å². The molecule has 0 saturated heterocycles. The molecule has 20 heavy (non-hydrogen) atoms. The second-order valence-corrected chi connectivity index (χ2v) is 6.13. The summed E-state index contributed by atoms with van der Waals surface area (Å²) in [5, 5.41) is 0. The van der Waals surface area contributed by atoms with Crippen LogP contribution in [0, 0.1) is 0 Å². The number of hydrogen-bond donors (Lipinski definition) is 0. The van der Waals surface area contributed by atoms with E-state index in [1.54, 1.807) is 5.57 Å². The van der Waals surface area contributed by atoms with Crippen molar-refractivity contribution in [1.82, 2.24) is 0 Å². The minimum atomic E-state index is 1.25. The second-order valence-electron chi connectivity index (χ2n) is 6.13. The standard InChI is InChI=1S/C20H38/c1-5-8-15-19(4)16-13-11-10-12-14-18-20(7-3)17-9-6-2/h18H,4-17H2,1-3H3. The first-order chi connectivity index (χ1) is 9.74. The number of unbranched alkanes of at least 4 members (excludes halogenated alkanes) is 6. The smallest absolute Gasteiger partial charge is 0.0321 e. The lowest BCUT2D eigenvalue weighted by atomic mass is 10.0. The third-order valence-electron chi connectivity index (χ3n) is 4.11. The molecule has 0 aromatic heterocycles. The monoisotopic (exact) mass is 278 g/mol. The van der Waals surface area contributed by atoms with E-state index in [-0.39, 0.29) is 0 Å². The van der Waals surface area contributed by atoms with Gasteiger partial charge in [0.05, 0.1) is 0 Å². The number of hydrogen-bond acceptors (Lipinski definition) is 0. The van der Waals surface area contributed by atoms with Crippen molar-refractivity contribution in [3.05, 3.63) is 23.8 Å². The van der Waals surface area contributed by atoms with Gasteiger partial charge in [-0.25, -0.2) is 0 Å². The zero-order valence-electron chi connectivity index (χ0n) is 14.5. The van der Waals surface area contributed by atoms with Crippen molar-refractivity contribution >= 4 is 0 Å². The van der Waals surface area contributed by atoms with Gasteiger partial charge in [0, 0.05) is 0 Å². The summed E-state index contributed by atoms with van der Waals surface area (Å²) in [6, 6.07) is 0. The SMILES string of the molecule is C=C(CCCC)CCCCCCC=C(CC)CCCC. The van der Waals surface area contributed by atoms with E-state index in [1.807, 2.05) is 0 Å². The molecule has 0 N–H and O–H groups in total. The predicted molar refractivity (Wildman–Crippen MR) is 94.3 cm³/mol. The van der Waals surface area contributed by atoms with E-state index >= 15 is 0 Å². The van der Waals surface area contributed by atoms with Crippen LogP contribution in [0.5, 0.6) is 0 Å². The maximum atomic E-state index is 4.18. The molecule has 0 bridgehead atoms. The minimum Gasteiger partial charge on any atom is -0.0999 e. The van der Waals surface area contributed by atoms with Gasteiger partial charge in [0.15, 0.2) is 0 Å². The van der Waals surface area contributed by atoms with E-state index in [4.69, 9.17) is 0 Å². The Hall–Kier alpha value is -0.520. The van der Waals surface area contributed by atoms with Crippen molar-refractivity contribution < 1.29 is 0 Å². The van der Waals surface area contributed by atoms with Crippen LogP contribution in [0.2, 0.25) is 0 Å². The van der Waals surface area contributed by atoms with Gasteiger partial charge in [-0.3, -0.25) is 0 Å². The molecule has 0 aromatic carbocycles. The van der Waals surface area contributed by atoms with Crippen molar-refractivity contribution in [1.29, 1.82) is 0 Å². The first-order valence-electron chi connectivity index (χ1n) is 9.09. The Kier molecular flexibility index (Phi) is 14.5. The quantitative estimate of drug-likeness (QED) is 0.227. The molecule has 0 atom stereocenters. The summed E-state index contributed by atoms with van der Waals surface area (Å²) < 4.78 is 0. The highest BCUT2D eigenvalue weighted by Crippen LogP contribution is 2.16. The third-order valence-corrected chi connectivity index (χ3v) is 4.11. The summed E-state index contributed by atoms with van der Waals surface area (Å²) in [4.78, 5) is 0. The highest BCUT2D eigenvalue weighted by Gasteiger charge is 1.96. The van der Waals surface area contributed by atoms with Crippen LogP contribution in [0.25, 0.3) is 0 Å². The molecule has 0 aliphatic carbocycles. The van der Waals surface area contributed by atoms with Crippen LogP contribution in [-0.4, -0.2) is 0 Å². The van der Waals surface area contributed by atoms with Crippen LogP contribution in [-0.2, 0) is 0 Å². The molecule has 0 saturated carbocycles. The average Bonchev–Trinajstić information content (AvgIpc) is 2.47. The maximum Gasteiger partial charge on any atom is -0.0321 e. The summed E-state index contributed by atoms with van der Waals surface area (Å²) in [6.45, 7) is 11.0. The lowest BCUT2D eigenvalue weighted by molar-refractivity contribution is 0.629. The summed E-state index contributed by atoms with van der Waals surface area (Å²) in [7, 11) is 0. The van der Waals surface area contributed by atoms with Gasteiger partial charge in [-0.1, -0.05) is 70.3 Å². The van der Waals surface area contributed by atoms with Crippen LogP contribution < -0.4 is 0 Å². The molecule has 0 aliphatic rings. The molecular formula is C20H38. The fraction of sp³-hybridized carbons (Fsp3) is 0.800. The molecule has 0 heteroatoms. The molecule has 0 amide bonds. The fourth-order valence-electron chi connectivity index (χ4n) is 2.56. The third kappa shape index (κ3) is 12.5. The molecule has 0 spiro atoms. The molecule has 118 valence electrons. The van der Waals surface area contributed by atoms with E-state index in [0.717, 1.165) is 0 Å². The Morgan fingerprint density at radius 1 is 0.750 bits per heavy atom. The van der Waals surface area contributed by atoms with Crippen LogP contribution in [0.1, 0.15) is 104 Å². The van der Waals surface area contributed by atoms with Crippen molar-refractivity contribution in [2.45, 2.75) is 104 Å². The van der Waals surface area contributed by atoms with Gasteiger partial charge >= 0.3 is 0 Å². The lowest BCUT2D eigenvalue weighted by Crippen LogP contribution is -1.85. The number of rotatable bonds is 14. The topological polar surface area (TPSA) is 0 Å². The molecule has 0 nitrogen and oxygen atoms in total. The summed E-state index contributed by atoms with van der Waals surface area (Å²) >= 11 is 0. The Bertz CT molecular complexity index is 247. The maximum absolute atomic E-state index is 4.18. The summed E-state index contributed by atoms with van der Waals surface area (Å²) in [5.41, 5.74) is 3.15. The lowest BCUT2D eigenvalue weighted by Gasteiger charge is -2.05. The van der Waals surface area contributed by atoms with Crippen molar-refractivity contribution in [3.8, 4) is 0 Å². The molecule has 0 aromatic rings. The van der Waals surface area contributed by atoms with Gasteiger partial charge in [-0.05, 0) is 57.8 Å². The zero-order valence-corrected chi connectivity index (χ0v) is 14.5. The van der Waals surface area contributed by atoms with Crippen LogP contribution >= 0.6 is 0 Å².